The first kappa shape index (κ1) is 17.7. The van der Waals surface area contributed by atoms with Crippen LogP contribution in [-0.4, -0.2) is 22.2 Å². The molecule has 5 nitrogen and oxygen atoms in total. The molecule has 0 aliphatic heterocycles. The van der Waals surface area contributed by atoms with Crippen molar-refractivity contribution in [2.45, 2.75) is 20.8 Å². The monoisotopic (exact) mass is 352 g/mol. The fraction of sp³-hybridized carbons (Fsp3) is 0.200. The minimum atomic E-state index is -0.339. The largest absolute Gasteiger partial charge is 0.376 e. The predicted molar refractivity (Wildman–Crippen MR) is 101 cm³/mol. The van der Waals surface area contributed by atoms with Gasteiger partial charge in [-0.1, -0.05) is 24.3 Å². The van der Waals surface area contributed by atoms with Crippen LogP contribution in [0, 0.1) is 26.6 Å². The summed E-state index contributed by atoms with van der Waals surface area (Å²) in [5, 5.41) is 10.4. The van der Waals surface area contributed by atoms with Gasteiger partial charge in [-0.05, 0) is 50.6 Å². The number of anilines is 2. The van der Waals surface area contributed by atoms with Crippen molar-refractivity contribution >= 4 is 17.3 Å². The van der Waals surface area contributed by atoms with Crippen molar-refractivity contribution in [3.8, 4) is 5.69 Å². The van der Waals surface area contributed by atoms with Gasteiger partial charge in [-0.25, -0.2) is 9.07 Å². The molecule has 1 amide bonds. The van der Waals surface area contributed by atoms with Gasteiger partial charge in [-0.3, -0.25) is 4.79 Å². The lowest BCUT2D eigenvalue weighted by atomic mass is 10.2. The summed E-state index contributed by atoms with van der Waals surface area (Å²) in [6, 6.07) is 14.2. The van der Waals surface area contributed by atoms with Gasteiger partial charge in [-0.2, -0.15) is 5.10 Å². The Hall–Kier alpha value is -3.15. The summed E-state index contributed by atoms with van der Waals surface area (Å²) in [7, 11) is 0. The van der Waals surface area contributed by atoms with Crippen molar-refractivity contribution in [1.29, 1.82) is 0 Å². The summed E-state index contributed by atoms with van der Waals surface area (Å²) in [5.74, 6) is -0.554. The number of rotatable bonds is 5. The minimum Gasteiger partial charge on any atom is -0.376 e. The Morgan fingerprint density at radius 1 is 1.12 bits per heavy atom. The van der Waals surface area contributed by atoms with Crippen molar-refractivity contribution in [2.75, 3.05) is 17.2 Å². The number of hydrogen-bond donors (Lipinski definition) is 2. The molecule has 2 aromatic carbocycles. The molecular formula is C20H21FN4O. The Kier molecular flexibility index (Phi) is 5.02. The van der Waals surface area contributed by atoms with Crippen LogP contribution in [0.4, 0.5) is 15.8 Å². The second kappa shape index (κ2) is 7.39. The average Bonchev–Trinajstić information content (AvgIpc) is 2.91. The maximum atomic E-state index is 13.3. The maximum Gasteiger partial charge on any atom is 0.243 e. The molecule has 0 aliphatic carbocycles. The van der Waals surface area contributed by atoms with Crippen molar-refractivity contribution in [3.05, 3.63) is 71.3 Å². The molecule has 0 spiro atoms. The maximum absolute atomic E-state index is 13.3. The fourth-order valence-electron chi connectivity index (χ4n) is 2.79. The Bertz CT molecular complexity index is 934. The van der Waals surface area contributed by atoms with Crippen molar-refractivity contribution < 1.29 is 9.18 Å². The smallest absolute Gasteiger partial charge is 0.243 e. The van der Waals surface area contributed by atoms with Crippen LogP contribution in [0.2, 0.25) is 0 Å². The minimum absolute atomic E-state index is 0.0414. The van der Waals surface area contributed by atoms with E-state index in [0.717, 1.165) is 22.6 Å². The lowest BCUT2D eigenvalue weighted by Gasteiger charge is -2.10. The van der Waals surface area contributed by atoms with E-state index in [-0.39, 0.29) is 18.3 Å². The van der Waals surface area contributed by atoms with Crippen molar-refractivity contribution in [1.82, 2.24) is 9.78 Å². The molecule has 3 aromatic rings. The van der Waals surface area contributed by atoms with E-state index in [2.05, 4.69) is 15.7 Å². The highest BCUT2D eigenvalue weighted by molar-refractivity contribution is 5.95. The van der Waals surface area contributed by atoms with E-state index in [4.69, 9.17) is 0 Å². The van der Waals surface area contributed by atoms with E-state index in [1.807, 2.05) is 51.1 Å². The van der Waals surface area contributed by atoms with Crippen molar-refractivity contribution in [2.24, 2.45) is 0 Å². The van der Waals surface area contributed by atoms with Crippen LogP contribution in [-0.2, 0) is 4.79 Å². The highest BCUT2D eigenvalue weighted by Crippen LogP contribution is 2.23. The van der Waals surface area contributed by atoms with Gasteiger partial charge in [-0.15, -0.1) is 0 Å². The molecule has 1 aromatic heterocycles. The molecule has 2 N–H and O–H groups in total. The molecule has 0 saturated heterocycles. The summed E-state index contributed by atoms with van der Waals surface area (Å²) < 4.78 is 15.1. The summed E-state index contributed by atoms with van der Waals surface area (Å²) in [5.41, 5.74) is 4.70. The number of carbonyl (C=O) groups is 1. The van der Waals surface area contributed by atoms with E-state index >= 15 is 0 Å². The van der Waals surface area contributed by atoms with E-state index in [1.54, 1.807) is 10.7 Å². The first-order chi connectivity index (χ1) is 12.5. The van der Waals surface area contributed by atoms with Gasteiger partial charge in [0.15, 0.2) is 0 Å². The number of aromatic nitrogens is 2. The van der Waals surface area contributed by atoms with Gasteiger partial charge in [0.1, 0.15) is 5.82 Å². The Balaban J connectivity index is 1.72. The number of para-hydroxylation sites is 1. The molecule has 6 heteroatoms. The molecule has 0 fully saturated rings. The Morgan fingerprint density at radius 2 is 1.85 bits per heavy atom. The first-order valence-electron chi connectivity index (χ1n) is 8.37. The first-order valence-corrected chi connectivity index (χ1v) is 8.37. The SMILES string of the molecule is Cc1ccc(F)cc1NCC(=O)Nc1c(C)nn(-c2ccccc2)c1C. The van der Waals surface area contributed by atoms with Gasteiger partial charge in [0.2, 0.25) is 5.91 Å². The van der Waals surface area contributed by atoms with Crippen LogP contribution in [0.5, 0.6) is 0 Å². The number of halogens is 1. The van der Waals surface area contributed by atoms with Crippen LogP contribution in [0.15, 0.2) is 48.5 Å². The summed E-state index contributed by atoms with van der Waals surface area (Å²) in [4.78, 5) is 12.3. The van der Waals surface area contributed by atoms with Crippen LogP contribution in [0.1, 0.15) is 17.0 Å². The average molecular weight is 352 g/mol. The predicted octanol–water partition coefficient (Wildman–Crippen LogP) is 3.99. The Morgan fingerprint density at radius 3 is 2.58 bits per heavy atom. The molecule has 0 aliphatic rings. The number of benzene rings is 2. The van der Waals surface area contributed by atoms with Gasteiger partial charge < -0.3 is 10.6 Å². The highest BCUT2D eigenvalue weighted by Gasteiger charge is 2.15. The number of carbonyl (C=O) groups excluding carboxylic acids is 1. The van der Waals surface area contributed by atoms with E-state index in [1.165, 1.54) is 12.1 Å². The molecule has 0 saturated carbocycles. The molecule has 0 radical (unpaired) electrons. The summed E-state index contributed by atoms with van der Waals surface area (Å²) in [6.45, 7) is 5.66. The van der Waals surface area contributed by atoms with Crippen LogP contribution in [0.3, 0.4) is 0 Å². The van der Waals surface area contributed by atoms with Crippen molar-refractivity contribution in [3.63, 3.8) is 0 Å². The second-order valence-electron chi connectivity index (χ2n) is 6.15. The number of nitrogens with zero attached hydrogens (tertiary/aromatic N) is 2. The van der Waals surface area contributed by atoms with E-state index in [0.29, 0.717) is 11.4 Å². The second-order valence-corrected chi connectivity index (χ2v) is 6.15. The third-order valence-electron chi connectivity index (χ3n) is 4.20. The number of nitrogens with one attached hydrogen (secondary N) is 2. The van der Waals surface area contributed by atoms with Gasteiger partial charge in [0.25, 0.3) is 0 Å². The lowest BCUT2D eigenvalue weighted by Crippen LogP contribution is -2.22. The van der Waals surface area contributed by atoms with E-state index < -0.39 is 0 Å². The summed E-state index contributed by atoms with van der Waals surface area (Å²) >= 11 is 0. The Labute approximate surface area is 151 Å². The molecule has 0 atom stereocenters. The molecule has 1 heterocycles. The number of aryl methyl sites for hydroxylation is 2. The van der Waals surface area contributed by atoms with Crippen LogP contribution in [0.25, 0.3) is 5.69 Å². The molecular weight excluding hydrogens is 331 g/mol. The third-order valence-corrected chi connectivity index (χ3v) is 4.20. The highest BCUT2D eigenvalue weighted by atomic mass is 19.1. The topological polar surface area (TPSA) is 59.0 Å². The molecule has 3 rings (SSSR count). The summed E-state index contributed by atoms with van der Waals surface area (Å²) in [6.07, 6.45) is 0. The fourth-order valence-corrected chi connectivity index (χ4v) is 2.79. The zero-order chi connectivity index (χ0) is 18.7. The standard InChI is InChI=1S/C20H21FN4O/c1-13-9-10-16(21)11-18(13)22-12-19(26)23-20-14(2)24-25(15(20)3)17-7-5-4-6-8-17/h4-11,22H,12H2,1-3H3,(H,23,26). The zero-order valence-electron chi connectivity index (χ0n) is 15.0. The van der Waals surface area contributed by atoms with Gasteiger partial charge in [0, 0.05) is 5.69 Å². The molecule has 134 valence electrons. The van der Waals surface area contributed by atoms with Gasteiger partial charge >= 0.3 is 0 Å². The van der Waals surface area contributed by atoms with Gasteiger partial charge in [0.05, 0.1) is 29.3 Å². The molecule has 0 bridgehead atoms. The lowest BCUT2D eigenvalue weighted by molar-refractivity contribution is -0.114. The third kappa shape index (κ3) is 3.74. The zero-order valence-corrected chi connectivity index (χ0v) is 15.0. The molecule has 26 heavy (non-hydrogen) atoms. The van der Waals surface area contributed by atoms with Crippen LogP contribution >= 0.6 is 0 Å². The number of amides is 1. The van der Waals surface area contributed by atoms with Crippen LogP contribution < -0.4 is 10.6 Å². The van der Waals surface area contributed by atoms with E-state index in [9.17, 15) is 9.18 Å². The quantitative estimate of drug-likeness (QED) is 0.730. The normalized spacial score (nSPS) is 10.6. The number of hydrogen-bond acceptors (Lipinski definition) is 3. The molecule has 0 unspecified atom stereocenters.